The Bertz CT molecular complexity index is 3430. The Labute approximate surface area is 421 Å². The number of halogens is 10. The molecule has 0 amide bonds. The number of alkyl halides is 10. The summed E-state index contributed by atoms with van der Waals surface area (Å²) in [7, 11) is -2.63. The maximum atomic E-state index is 14.5. The molecule has 3 atom stereocenters. The van der Waals surface area contributed by atoms with Crippen LogP contribution in [0.25, 0.3) is 44.5 Å². The molecule has 2 heterocycles. The Hall–Kier alpha value is -6.71. The average Bonchev–Trinajstić information content (AvgIpc) is 4.03. The van der Waals surface area contributed by atoms with E-state index in [0.717, 1.165) is 66.6 Å². The highest BCUT2D eigenvalue weighted by atomic mass is 19.4. The number of fused-ring (bicyclic) bond motifs is 6. The molecule has 4 aromatic rings. The van der Waals surface area contributed by atoms with Crippen LogP contribution in [0.1, 0.15) is 84.8 Å². The minimum absolute atomic E-state index is 0.0189. The lowest BCUT2D eigenvalue weighted by Gasteiger charge is -2.37. The molecule has 0 saturated heterocycles. The molecule has 0 fully saturated rings. The number of rotatable bonds is 11. The lowest BCUT2D eigenvalue weighted by molar-refractivity contribution is -0.295. The van der Waals surface area contributed by atoms with Gasteiger partial charge in [-0.2, -0.15) is 43.9 Å². The maximum absolute atomic E-state index is 14.5. The highest BCUT2D eigenvalue weighted by Crippen LogP contribution is 2.69. The minimum Gasteiger partial charge on any atom is -0.385 e. The van der Waals surface area contributed by atoms with Crippen molar-refractivity contribution in [1.82, 2.24) is 4.48 Å². The van der Waals surface area contributed by atoms with Crippen LogP contribution in [-0.4, -0.2) is 54.9 Å². The summed E-state index contributed by atoms with van der Waals surface area (Å²) in [5.74, 6) is -11.1. The highest BCUT2D eigenvalue weighted by Gasteiger charge is 2.60. The lowest BCUT2D eigenvalue weighted by Crippen LogP contribution is -2.48. The number of hydrogen-bond acceptors (Lipinski definition) is 3. The molecule has 0 bridgehead atoms. The number of benzene rings is 3. The van der Waals surface area contributed by atoms with Crippen LogP contribution < -0.4 is 0 Å². The van der Waals surface area contributed by atoms with Crippen molar-refractivity contribution in [3.63, 3.8) is 0 Å². The van der Waals surface area contributed by atoms with E-state index < -0.39 is 50.1 Å². The normalized spacial score (nSPS) is 23.0. The van der Waals surface area contributed by atoms with Crippen LogP contribution in [0.4, 0.5) is 43.9 Å². The summed E-state index contributed by atoms with van der Waals surface area (Å²) < 4.78 is 150. The molecule has 74 heavy (non-hydrogen) atoms. The number of nitrogens with zero attached hydrogens (tertiary/aromatic N) is 2. The summed E-state index contributed by atoms with van der Waals surface area (Å²) in [4.78, 5) is 4.81. The molecule has 378 valence electrons. The van der Waals surface area contributed by atoms with E-state index in [1.54, 1.807) is 26.8 Å². The van der Waals surface area contributed by atoms with Crippen LogP contribution in [-0.2, 0) is 9.31 Å². The summed E-state index contributed by atoms with van der Waals surface area (Å²) in [5, 5.41) is 0. The van der Waals surface area contributed by atoms with Crippen molar-refractivity contribution in [1.29, 1.82) is 0 Å². The molecule has 3 aromatic carbocycles. The molecule has 0 N–H and O–H groups in total. The second kappa shape index (κ2) is 16.9. The molecule has 3 unspecified atom stereocenters. The van der Waals surface area contributed by atoms with Crippen LogP contribution in [0.5, 0.6) is 0 Å². The summed E-state index contributed by atoms with van der Waals surface area (Å²) >= 11 is 0. The van der Waals surface area contributed by atoms with Crippen LogP contribution >= 0.6 is 0 Å². The van der Waals surface area contributed by atoms with Crippen LogP contribution in [0.2, 0.25) is 0 Å². The predicted octanol–water partition coefficient (Wildman–Crippen LogP) is 16.1. The first-order valence-electron chi connectivity index (χ1n) is 24.2. The van der Waals surface area contributed by atoms with Gasteiger partial charge in [-0.25, -0.2) is 0 Å². The third-order valence-corrected chi connectivity index (χ3v) is 15.6. The van der Waals surface area contributed by atoms with E-state index >= 15 is 0 Å². The third-order valence-electron chi connectivity index (χ3n) is 15.6. The fourth-order valence-corrected chi connectivity index (χ4v) is 12.2. The predicted molar refractivity (Wildman–Crippen MR) is 270 cm³/mol. The second-order valence-corrected chi connectivity index (χ2v) is 20.4. The summed E-state index contributed by atoms with van der Waals surface area (Å²) in [6.07, 6.45) is 14.4. The number of allylic oxidation sites excluding steroid dienone is 18. The third kappa shape index (κ3) is 7.38. The summed E-state index contributed by atoms with van der Waals surface area (Å²) in [6.45, 7) is 6.10. The van der Waals surface area contributed by atoms with E-state index in [0.29, 0.717) is 28.1 Å². The largest absolute Gasteiger partial charge is 0.598 e. The number of hydrogen-bond donors (Lipinski definition) is 0. The standard InChI is InChI=1S/C59H47BF10N2O2/c1-32-28-34(3)71-52(32)46(53-33(2)29-35(4)72(53)60(73-30-56(61,62)58(65,66)67)74-31-57(63,64)59(68,69)70)38-24-22-37(23-25-38)45-48-41-19-13-27-54(5)26-12-18-40(51(41)54)47(48)44(36-14-8-7-9-15-36)49-42-20-10-16-39-17-11-21-43(50(45)49)55(39,42)6/h7-25,27-29,42H,26,30-31H2,1-6H3/b52-46-. The zero-order valence-electron chi connectivity index (χ0n) is 41.0. The monoisotopic (exact) mass is 1020 g/mol. The average molecular weight is 1020 g/mol. The van der Waals surface area contributed by atoms with E-state index in [1.807, 2.05) is 30.3 Å². The number of aromatic nitrogens is 1. The Morgan fingerprint density at radius 1 is 0.730 bits per heavy atom. The Balaban J connectivity index is 1.14. The van der Waals surface area contributed by atoms with E-state index in [-0.39, 0.29) is 28.3 Å². The Morgan fingerprint density at radius 2 is 1.39 bits per heavy atom. The van der Waals surface area contributed by atoms with Gasteiger partial charge in [-0.1, -0.05) is 135 Å². The summed E-state index contributed by atoms with van der Waals surface area (Å²) in [5.41, 5.74) is 16.3. The van der Waals surface area contributed by atoms with Gasteiger partial charge in [-0.3, -0.25) is 4.99 Å². The molecule has 0 saturated carbocycles. The highest BCUT2D eigenvalue weighted by molar-refractivity contribution is 6.43. The zero-order valence-corrected chi connectivity index (χ0v) is 41.0. The number of aryl methyl sites for hydroxylation is 2. The van der Waals surface area contributed by atoms with Crippen molar-refractivity contribution in [2.24, 2.45) is 15.8 Å². The van der Waals surface area contributed by atoms with E-state index in [4.69, 9.17) is 14.3 Å². The van der Waals surface area contributed by atoms with Gasteiger partial charge >= 0.3 is 31.5 Å². The second-order valence-electron chi connectivity index (χ2n) is 20.4. The topological polar surface area (TPSA) is 35.8 Å². The summed E-state index contributed by atoms with van der Waals surface area (Å²) in [6, 6.07) is 19.5. The molecule has 0 spiro atoms. The number of aliphatic imine (C=N–C) groups is 1. The quantitative estimate of drug-likeness (QED) is 0.111. The molecular weight excluding hydrogens is 969 g/mol. The van der Waals surface area contributed by atoms with Crippen molar-refractivity contribution in [2.75, 3.05) is 13.2 Å². The first kappa shape index (κ1) is 49.5. The van der Waals surface area contributed by atoms with Crippen molar-refractivity contribution in [3.05, 3.63) is 201 Å². The molecule has 1 aliphatic heterocycles. The van der Waals surface area contributed by atoms with Gasteiger partial charge in [0.1, 0.15) is 13.2 Å². The first-order valence-corrected chi connectivity index (χ1v) is 24.2. The van der Waals surface area contributed by atoms with Crippen molar-refractivity contribution < 1.29 is 53.2 Å². The minimum atomic E-state index is -6.15. The fourth-order valence-electron chi connectivity index (χ4n) is 12.2. The van der Waals surface area contributed by atoms with Crippen molar-refractivity contribution in [3.8, 4) is 22.3 Å². The van der Waals surface area contributed by atoms with Gasteiger partial charge in [0.05, 0.1) is 5.70 Å². The molecule has 1 aromatic heterocycles. The zero-order chi connectivity index (χ0) is 52.7. The van der Waals surface area contributed by atoms with E-state index in [1.165, 1.54) is 29.7 Å². The molecule has 15 heteroatoms. The van der Waals surface area contributed by atoms with Crippen LogP contribution in [0.15, 0.2) is 161 Å². The fraction of sp³-hybridized carbons (Fsp3) is 0.271. The van der Waals surface area contributed by atoms with Gasteiger partial charge in [-0.05, 0) is 135 Å². The molecule has 0 radical (unpaired) electrons. The molecule has 6 aliphatic carbocycles. The van der Waals surface area contributed by atoms with Gasteiger partial charge < -0.3 is 13.8 Å². The van der Waals surface area contributed by atoms with E-state index in [9.17, 15) is 43.9 Å². The molecule has 7 aliphatic rings. The van der Waals surface area contributed by atoms with E-state index in [2.05, 4.69) is 105 Å². The Morgan fingerprint density at radius 3 is 2.03 bits per heavy atom. The Kier molecular flexibility index (Phi) is 11.3. The van der Waals surface area contributed by atoms with Crippen LogP contribution in [0, 0.1) is 24.7 Å². The van der Waals surface area contributed by atoms with Crippen molar-refractivity contribution >= 4 is 35.3 Å². The molecule has 11 rings (SSSR count). The van der Waals surface area contributed by atoms with Gasteiger partial charge in [-0.15, -0.1) is 0 Å². The van der Waals surface area contributed by atoms with Gasteiger partial charge in [0.25, 0.3) is 0 Å². The first-order chi connectivity index (χ1) is 34.9. The smallest absolute Gasteiger partial charge is 0.385 e. The molecule has 4 nitrogen and oxygen atoms in total. The maximum Gasteiger partial charge on any atom is 0.598 e. The van der Waals surface area contributed by atoms with Crippen molar-refractivity contribution in [2.45, 2.75) is 78.1 Å². The van der Waals surface area contributed by atoms with Gasteiger partial charge in [0.2, 0.25) is 0 Å². The lowest BCUT2D eigenvalue weighted by atomic mass is 9.65. The SMILES string of the molecule is CC1=CC(C)=N/C1=C(/c1ccc(-c2c3c(c(-c4ccccc4)c4c2C2=CC=CC5=CC=CC4C52C)C2=C4C3=CC=CC4(C)CC=C2)cc1)c1c(C)cc(C)n1B(OCC(F)(F)C(F)(F)F)OCC(F)(F)C(F)(F)F. The van der Waals surface area contributed by atoms with Gasteiger partial charge in [0, 0.05) is 39.4 Å². The van der Waals surface area contributed by atoms with Crippen LogP contribution in [0.3, 0.4) is 0 Å². The molecular formula is C59H47BF10N2O2. The van der Waals surface area contributed by atoms with Gasteiger partial charge in [0.15, 0.2) is 0 Å².